The lowest BCUT2D eigenvalue weighted by molar-refractivity contribution is 0.220. The van der Waals surface area contributed by atoms with Gasteiger partial charge in [-0.15, -0.1) is 0 Å². The molecule has 1 aromatic rings. The van der Waals surface area contributed by atoms with E-state index in [4.69, 9.17) is 15.7 Å². The second-order valence-electron chi connectivity index (χ2n) is 5.77. The maximum Gasteiger partial charge on any atom is 0.181 e. The molecule has 0 saturated heterocycles. The minimum Gasteiger partial charge on any atom is -0.382 e. The van der Waals surface area contributed by atoms with E-state index in [0.717, 1.165) is 15.7 Å². The summed E-state index contributed by atoms with van der Waals surface area (Å²) in [5.41, 5.74) is 7.58. The van der Waals surface area contributed by atoms with Gasteiger partial charge in [0, 0.05) is 16.0 Å². The van der Waals surface area contributed by atoms with Crippen LogP contribution < -0.4 is 5.73 Å². The van der Waals surface area contributed by atoms with E-state index in [-0.39, 0.29) is 0 Å². The highest BCUT2D eigenvalue weighted by molar-refractivity contribution is 9.10. The minimum atomic E-state index is -0.488. The highest BCUT2D eigenvalue weighted by Gasteiger charge is 2.43. The molecule has 2 N–H and O–H groups in total. The lowest BCUT2D eigenvalue weighted by atomic mass is 9.77. The summed E-state index contributed by atoms with van der Waals surface area (Å²) in [6.45, 7) is 1.96. The van der Waals surface area contributed by atoms with Crippen LogP contribution in [0.2, 0.25) is 0 Å². The second-order valence-corrected chi connectivity index (χ2v) is 6.68. The number of benzene rings is 1. The Balaban J connectivity index is 2.09. The molecule has 1 heterocycles. The van der Waals surface area contributed by atoms with Crippen molar-refractivity contribution in [1.29, 1.82) is 0 Å². The van der Waals surface area contributed by atoms with Crippen molar-refractivity contribution in [3.63, 3.8) is 0 Å². The van der Waals surface area contributed by atoms with Crippen LogP contribution in [0.1, 0.15) is 44.6 Å². The molecule has 4 heteroatoms. The summed E-state index contributed by atoms with van der Waals surface area (Å²) < 4.78 is 1.07. The number of rotatable bonds is 2. The van der Waals surface area contributed by atoms with Crippen molar-refractivity contribution in [2.24, 2.45) is 21.6 Å². The summed E-state index contributed by atoms with van der Waals surface area (Å²) in [6, 6.07) is 8.35. The van der Waals surface area contributed by atoms with E-state index in [1.165, 1.54) is 32.1 Å². The van der Waals surface area contributed by atoms with Crippen LogP contribution in [0.3, 0.4) is 0 Å². The number of halogens is 1. The van der Waals surface area contributed by atoms with Crippen LogP contribution in [0.15, 0.2) is 38.7 Å². The first-order valence-electron chi connectivity index (χ1n) is 7.30. The third-order valence-corrected chi connectivity index (χ3v) is 4.92. The van der Waals surface area contributed by atoms with Crippen molar-refractivity contribution in [3.05, 3.63) is 34.3 Å². The lowest BCUT2D eigenvalue weighted by Gasteiger charge is -2.35. The molecular formula is C16H20BrN3. The highest BCUT2D eigenvalue weighted by Crippen LogP contribution is 2.45. The van der Waals surface area contributed by atoms with Crippen molar-refractivity contribution in [2.75, 3.05) is 0 Å². The number of hydrogen-bond acceptors (Lipinski definition) is 3. The third kappa shape index (κ3) is 2.30. The van der Waals surface area contributed by atoms with E-state index < -0.39 is 5.66 Å². The molecule has 2 aliphatic rings. The molecule has 1 saturated carbocycles. The molecule has 0 radical (unpaired) electrons. The zero-order valence-electron chi connectivity index (χ0n) is 11.8. The molecule has 1 aliphatic heterocycles. The summed E-state index contributed by atoms with van der Waals surface area (Å²) >= 11 is 3.56. The van der Waals surface area contributed by atoms with Gasteiger partial charge in [-0.25, -0.2) is 4.99 Å². The third-order valence-electron chi connectivity index (χ3n) is 4.42. The number of amidine groups is 1. The standard InChI is InChI=1S/C16H20BrN3/c1-11-15(18)20-16(19-11,12-6-3-2-4-7-12)13-8-5-9-14(17)10-13/h5,8-10,12H,2-4,6-7H2,1H3,(H2,18,20). The Kier molecular flexibility index (Phi) is 3.67. The Bertz CT molecular complexity index is 553. The Morgan fingerprint density at radius 1 is 1.20 bits per heavy atom. The van der Waals surface area contributed by atoms with Gasteiger partial charge in [-0.3, -0.25) is 4.99 Å². The second kappa shape index (κ2) is 5.32. The zero-order valence-corrected chi connectivity index (χ0v) is 13.4. The van der Waals surface area contributed by atoms with Crippen LogP contribution in [0.5, 0.6) is 0 Å². The molecule has 1 atom stereocenters. The first-order chi connectivity index (χ1) is 9.62. The largest absolute Gasteiger partial charge is 0.382 e. The summed E-state index contributed by atoms with van der Waals surface area (Å²) in [4.78, 5) is 9.71. The summed E-state index contributed by atoms with van der Waals surface area (Å²) in [5.74, 6) is 1.05. The quantitative estimate of drug-likeness (QED) is 0.873. The molecule has 106 valence electrons. The zero-order chi connectivity index (χ0) is 14.2. The van der Waals surface area contributed by atoms with E-state index in [1.54, 1.807) is 0 Å². The Morgan fingerprint density at radius 3 is 2.55 bits per heavy atom. The highest BCUT2D eigenvalue weighted by atomic mass is 79.9. The van der Waals surface area contributed by atoms with Crippen molar-refractivity contribution < 1.29 is 0 Å². The molecule has 1 unspecified atom stereocenters. The molecule has 1 aromatic carbocycles. The predicted octanol–water partition coefficient (Wildman–Crippen LogP) is 4.01. The van der Waals surface area contributed by atoms with Crippen LogP contribution in [0.25, 0.3) is 0 Å². The van der Waals surface area contributed by atoms with E-state index in [0.29, 0.717) is 11.8 Å². The Labute approximate surface area is 128 Å². The molecular weight excluding hydrogens is 314 g/mol. The van der Waals surface area contributed by atoms with E-state index in [1.807, 2.05) is 13.0 Å². The molecule has 1 aliphatic carbocycles. The number of nitrogens with two attached hydrogens (primary N) is 1. The topological polar surface area (TPSA) is 50.7 Å². The summed E-state index contributed by atoms with van der Waals surface area (Å²) in [6.07, 6.45) is 6.22. The number of nitrogens with zero attached hydrogens (tertiary/aromatic N) is 2. The van der Waals surface area contributed by atoms with Gasteiger partial charge in [0.2, 0.25) is 0 Å². The molecule has 3 rings (SSSR count). The summed E-state index contributed by atoms with van der Waals surface area (Å²) in [7, 11) is 0. The smallest absolute Gasteiger partial charge is 0.181 e. The van der Waals surface area contributed by atoms with E-state index >= 15 is 0 Å². The van der Waals surface area contributed by atoms with Gasteiger partial charge < -0.3 is 5.73 Å². The molecule has 0 aromatic heterocycles. The first-order valence-corrected chi connectivity index (χ1v) is 8.09. The van der Waals surface area contributed by atoms with Gasteiger partial charge in [0.1, 0.15) is 5.84 Å². The monoisotopic (exact) mass is 333 g/mol. The maximum atomic E-state index is 6.04. The van der Waals surface area contributed by atoms with Crippen molar-refractivity contribution in [3.8, 4) is 0 Å². The molecule has 3 nitrogen and oxygen atoms in total. The van der Waals surface area contributed by atoms with Gasteiger partial charge in [-0.1, -0.05) is 47.3 Å². The Morgan fingerprint density at radius 2 is 1.95 bits per heavy atom. The van der Waals surface area contributed by atoms with Crippen LogP contribution >= 0.6 is 15.9 Å². The molecule has 0 bridgehead atoms. The van der Waals surface area contributed by atoms with Crippen LogP contribution in [-0.4, -0.2) is 11.5 Å². The molecule has 0 amide bonds. The van der Waals surface area contributed by atoms with E-state index in [2.05, 4.69) is 34.1 Å². The average molecular weight is 334 g/mol. The van der Waals surface area contributed by atoms with Crippen LogP contribution in [0, 0.1) is 5.92 Å². The molecule has 1 fully saturated rings. The lowest BCUT2D eigenvalue weighted by Crippen LogP contribution is -2.32. The SMILES string of the molecule is CC1=NC(c2cccc(Br)c2)(C2CCCCC2)N=C1N. The van der Waals surface area contributed by atoms with Crippen LogP contribution in [0.4, 0.5) is 0 Å². The molecule has 0 spiro atoms. The molecule has 20 heavy (non-hydrogen) atoms. The van der Waals surface area contributed by atoms with Crippen LogP contribution in [-0.2, 0) is 5.66 Å². The van der Waals surface area contributed by atoms with E-state index in [9.17, 15) is 0 Å². The Hall–Kier alpha value is -1.16. The minimum absolute atomic E-state index is 0.460. The van der Waals surface area contributed by atoms with Gasteiger partial charge in [-0.2, -0.15) is 0 Å². The number of hydrogen-bond donors (Lipinski definition) is 1. The fourth-order valence-corrected chi connectivity index (χ4v) is 3.77. The van der Waals surface area contributed by atoms with Gasteiger partial charge in [0.15, 0.2) is 5.66 Å². The van der Waals surface area contributed by atoms with Crippen molar-refractivity contribution in [2.45, 2.75) is 44.7 Å². The average Bonchev–Trinajstić information content (AvgIpc) is 2.77. The van der Waals surface area contributed by atoms with Crippen molar-refractivity contribution in [1.82, 2.24) is 0 Å². The first kappa shape index (κ1) is 13.8. The maximum absolute atomic E-state index is 6.04. The summed E-state index contributed by atoms with van der Waals surface area (Å²) in [5, 5.41) is 0. The van der Waals surface area contributed by atoms with Crippen molar-refractivity contribution >= 4 is 27.5 Å². The van der Waals surface area contributed by atoms with Gasteiger partial charge in [-0.05, 0) is 31.9 Å². The fraction of sp³-hybridized carbons (Fsp3) is 0.500. The van der Waals surface area contributed by atoms with Gasteiger partial charge in [0.05, 0.1) is 5.71 Å². The number of aliphatic imine (C=N–C) groups is 2. The fourth-order valence-electron chi connectivity index (χ4n) is 3.37. The van der Waals surface area contributed by atoms with Gasteiger partial charge >= 0.3 is 0 Å². The van der Waals surface area contributed by atoms with Gasteiger partial charge in [0.25, 0.3) is 0 Å². The predicted molar refractivity (Wildman–Crippen MR) is 87.1 cm³/mol. The normalized spacial score (nSPS) is 27.3.